The molecule has 1 aromatic carbocycles. The lowest BCUT2D eigenvalue weighted by Crippen LogP contribution is -2.29. The van der Waals surface area contributed by atoms with Crippen LogP contribution in [0.5, 0.6) is 0 Å². The number of alkyl halides is 3. The molecule has 0 heterocycles. The smallest absolute Gasteiger partial charge is 0.316 e. The van der Waals surface area contributed by atoms with Crippen molar-refractivity contribution in [3.63, 3.8) is 0 Å². The highest BCUT2D eigenvalue weighted by atomic mass is 35.5. The van der Waals surface area contributed by atoms with Gasteiger partial charge in [0, 0.05) is 5.56 Å². The van der Waals surface area contributed by atoms with Crippen molar-refractivity contribution < 1.29 is 22.0 Å². The van der Waals surface area contributed by atoms with E-state index >= 15 is 0 Å². The molecule has 0 aliphatic heterocycles. The molecule has 0 amide bonds. The Balaban J connectivity index is 3.23. The highest BCUT2D eigenvalue weighted by Crippen LogP contribution is 2.34. The van der Waals surface area contributed by atoms with Crippen LogP contribution in [0.3, 0.4) is 0 Å². The summed E-state index contributed by atoms with van der Waals surface area (Å²) in [4.78, 5) is 0. The zero-order chi connectivity index (χ0) is 11.8. The van der Waals surface area contributed by atoms with E-state index in [9.17, 15) is 22.0 Å². The Kier molecular flexibility index (Phi) is 3.20. The maximum atomic E-state index is 13.1. The summed E-state index contributed by atoms with van der Waals surface area (Å²) >= 11 is 5.10. The summed E-state index contributed by atoms with van der Waals surface area (Å²) in [5.41, 5.74) is 3.87. The van der Waals surface area contributed by atoms with Gasteiger partial charge in [-0.3, -0.25) is 0 Å². The Hall–Kier alpha value is -0.880. The predicted molar refractivity (Wildman–Crippen MR) is 44.4 cm³/mol. The number of nitrogens with two attached hydrogens (primary N) is 1. The fourth-order valence-corrected chi connectivity index (χ4v) is 1.13. The van der Waals surface area contributed by atoms with Crippen LogP contribution in [0.25, 0.3) is 0 Å². The van der Waals surface area contributed by atoms with E-state index in [0.717, 1.165) is 0 Å². The normalized spacial score (nSPS) is 14.1. The summed E-state index contributed by atoms with van der Waals surface area (Å²) in [5, 5.41) is -0.993. The lowest BCUT2D eigenvalue weighted by atomic mass is 10.1. The number of benzene rings is 1. The third kappa shape index (κ3) is 2.38. The number of rotatable bonds is 1. The van der Waals surface area contributed by atoms with Crippen molar-refractivity contribution in [3.05, 3.63) is 34.4 Å². The molecule has 15 heavy (non-hydrogen) atoms. The van der Waals surface area contributed by atoms with Gasteiger partial charge in [-0.25, -0.2) is 8.78 Å². The van der Waals surface area contributed by atoms with Gasteiger partial charge in [0.05, 0.1) is 0 Å². The molecule has 0 saturated carbocycles. The first kappa shape index (κ1) is 12.2. The van der Waals surface area contributed by atoms with E-state index < -0.39 is 34.4 Å². The van der Waals surface area contributed by atoms with E-state index in [1.807, 2.05) is 0 Å². The number of hydrogen-bond donors (Lipinski definition) is 1. The monoisotopic (exact) mass is 245 g/mol. The highest BCUT2D eigenvalue weighted by Gasteiger charge is 2.39. The Labute approximate surface area is 86.6 Å². The maximum absolute atomic E-state index is 13.1. The van der Waals surface area contributed by atoms with E-state index in [1.165, 1.54) is 0 Å². The summed E-state index contributed by atoms with van der Waals surface area (Å²) < 4.78 is 62.1. The van der Waals surface area contributed by atoms with Gasteiger partial charge in [-0.1, -0.05) is 17.7 Å². The minimum Gasteiger partial charge on any atom is -0.316 e. The molecular weight excluding hydrogens is 241 g/mol. The zero-order valence-electron chi connectivity index (χ0n) is 7.08. The first-order valence-electron chi connectivity index (χ1n) is 3.71. The molecular formula is C8H5ClF5N. The molecule has 2 N–H and O–H groups in total. The van der Waals surface area contributed by atoms with Gasteiger partial charge in [0.2, 0.25) is 0 Å². The van der Waals surface area contributed by atoms with Crippen LogP contribution in [-0.4, -0.2) is 6.18 Å². The number of halogens is 6. The molecule has 0 radical (unpaired) electrons. The molecule has 7 heteroatoms. The van der Waals surface area contributed by atoms with Crippen LogP contribution in [0.2, 0.25) is 5.02 Å². The van der Waals surface area contributed by atoms with Gasteiger partial charge in [0.15, 0.2) is 0 Å². The third-order valence-corrected chi connectivity index (χ3v) is 2.10. The summed E-state index contributed by atoms with van der Waals surface area (Å²) in [6.07, 6.45) is -4.80. The topological polar surface area (TPSA) is 26.0 Å². The highest BCUT2D eigenvalue weighted by molar-refractivity contribution is 6.30. The second-order valence-corrected chi connectivity index (χ2v) is 3.16. The quantitative estimate of drug-likeness (QED) is 0.597. The van der Waals surface area contributed by atoms with Crippen molar-refractivity contribution in [2.75, 3.05) is 0 Å². The zero-order valence-corrected chi connectivity index (χ0v) is 7.83. The second kappa shape index (κ2) is 3.94. The molecule has 1 aromatic rings. The molecule has 0 fully saturated rings. The van der Waals surface area contributed by atoms with Crippen LogP contribution in [0, 0.1) is 11.6 Å². The molecule has 0 spiro atoms. The van der Waals surface area contributed by atoms with Gasteiger partial charge in [0.1, 0.15) is 22.7 Å². The average Bonchev–Trinajstić information content (AvgIpc) is 2.12. The van der Waals surface area contributed by atoms with Crippen molar-refractivity contribution in [1.29, 1.82) is 0 Å². The lowest BCUT2D eigenvalue weighted by molar-refractivity contribution is -0.149. The average molecular weight is 246 g/mol. The van der Waals surface area contributed by atoms with Crippen molar-refractivity contribution >= 4 is 11.6 Å². The van der Waals surface area contributed by atoms with E-state index in [0.29, 0.717) is 12.1 Å². The molecule has 0 aliphatic carbocycles. The Morgan fingerprint density at radius 3 is 2.20 bits per heavy atom. The molecule has 84 valence electrons. The van der Waals surface area contributed by atoms with Gasteiger partial charge >= 0.3 is 6.18 Å². The molecule has 0 unspecified atom stereocenters. The first-order valence-corrected chi connectivity index (χ1v) is 4.08. The Morgan fingerprint density at radius 1 is 1.20 bits per heavy atom. The van der Waals surface area contributed by atoms with E-state index in [4.69, 9.17) is 17.3 Å². The number of hydrogen-bond acceptors (Lipinski definition) is 1. The van der Waals surface area contributed by atoms with E-state index in [2.05, 4.69) is 0 Å². The van der Waals surface area contributed by atoms with E-state index in [1.54, 1.807) is 0 Å². The lowest BCUT2D eigenvalue weighted by Gasteiger charge is -2.16. The predicted octanol–water partition coefficient (Wildman–Crippen LogP) is 3.18. The van der Waals surface area contributed by atoms with Crippen LogP contribution in [0.1, 0.15) is 11.6 Å². The Morgan fingerprint density at radius 2 is 1.73 bits per heavy atom. The molecule has 0 saturated heterocycles. The van der Waals surface area contributed by atoms with Gasteiger partial charge in [0.25, 0.3) is 0 Å². The van der Waals surface area contributed by atoms with E-state index in [-0.39, 0.29) is 0 Å². The van der Waals surface area contributed by atoms with Crippen LogP contribution in [0.15, 0.2) is 12.1 Å². The summed E-state index contributed by atoms with van der Waals surface area (Å²) in [7, 11) is 0. The van der Waals surface area contributed by atoms with Crippen molar-refractivity contribution in [1.82, 2.24) is 0 Å². The summed E-state index contributed by atoms with van der Waals surface area (Å²) in [6, 6.07) is -1.27. The fourth-order valence-electron chi connectivity index (χ4n) is 0.957. The van der Waals surface area contributed by atoms with Crippen molar-refractivity contribution in [2.24, 2.45) is 5.73 Å². The SMILES string of the molecule is N[C@@H](c1ccc(F)c(Cl)c1F)C(F)(F)F. The van der Waals surface area contributed by atoms with Gasteiger partial charge < -0.3 is 5.73 Å². The van der Waals surface area contributed by atoms with Crippen LogP contribution < -0.4 is 5.73 Å². The third-order valence-electron chi connectivity index (χ3n) is 1.75. The van der Waals surface area contributed by atoms with Crippen molar-refractivity contribution in [3.8, 4) is 0 Å². The van der Waals surface area contributed by atoms with Crippen molar-refractivity contribution in [2.45, 2.75) is 12.2 Å². The molecule has 1 nitrogen and oxygen atoms in total. The minimum absolute atomic E-state index is 0.620. The van der Waals surface area contributed by atoms with Crippen LogP contribution in [-0.2, 0) is 0 Å². The Bertz CT molecular complexity index is 376. The molecule has 0 bridgehead atoms. The first-order chi connectivity index (χ1) is 6.75. The summed E-state index contributed by atoms with van der Waals surface area (Å²) in [5.74, 6) is -2.62. The molecule has 1 atom stereocenters. The fraction of sp³-hybridized carbons (Fsp3) is 0.250. The van der Waals surface area contributed by atoms with Gasteiger partial charge in [-0.2, -0.15) is 13.2 Å². The molecule has 0 aromatic heterocycles. The largest absolute Gasteiger partial charge is 0.407 e. The standard InChI is InChI=1S/C8H5ClF5N/c9-5-4(10)2-1-3(6(5)11)7(15)8(12,13)14/h1-2,7H,15H2/t7-/m0/s1. The minimum atomic E-state index is -4.80. The molecule has 1 rings (SSSR count). The maximum Gasteiger partial charge on any atom is 0.407 e. The second-order valence-electron chi connectivity index (χ2n) is 2.78. The molecule has 0 aliphatic rings. The van der Waals surface area contributed by atoms with Crippen LogP contribution >= 0.6 is 11.6 Å². The van der Waals surface area contributed by atoms with Gasteiger partial charge in [-0.15, -0.1) is 0 Å². The van der Waals surface area contributed by atoms with Crippen LogP contribution in [0.4, 0.5) is 22.0 Å². The van der Waals surface area contributed by atoms with Gasteiger partial charge in [-0.05, 0) is 6.07 Å². The summed E-state index contributed by atoms with van der Waals surface area (Å²) in [6.45, 7) is 0.